The van der Waals surface area contributed by atoms with Crippen molar-refractivity contribution in [3.63, 3.8) is 0 Å². The maximum Gasteiger partial charge on any atom is 0.225 e. The van der Waals surface area contributed by atoms with Crippen LogP contribution in [0.25, 0.3) is 0 Å². The van der Waals surface area contributed by atoms with Crippen molar-refractivity contribution in [2.75, 3.05) is 5.73 Å². The molecule has 0 saturated carbocycles. The normalized spacial score (nSPS) is 12.4. The van der Waals surface area contributed by atoms with Crippen LogP contribution in [0.1, 0.15) is 39.1 Å². The summed E-state index contributed by atoms with van der Waals surface area (Å²) in [4.78, 5) is 22.7. The molecular weight excluding hydrogens is 292 g/mol. The van der Waals surface area contributed by atoms with Gasteiger partial charge >= 0.3 is 0 Å². The number of carbonyl (C=O) groups is 1. The van der Waals surface area contributed by atoms with Crippen molar-refractivity contribution in [2.24, 2.45) is 0 Å². The van der Waals surface area contributed by atoms with E-state index in [2.05, 4.69) is 15.3 Å². The first kappa shape index (κ1) is 14.9. The van der Waals surface area contributed by atoms with E-state index in [1.54, 1.807) is 11.3 Å². The summed E-state index contributed by atoms with van der Waals surface area (Å²) >= 11 is 3.01. The van der Waals surface area contributed by atoms with Crippen LogP contribution in [0.4, 0.5) is 5.13 Å². The second kappa shape index (κ2) is 5.88. The molecule has 0 radical (unpaired) electrons. The minimum absolute atomic E-state index is 0.0331. The van der Waals surface area contributed by atoms with Gasteiger partial charge in [-0.3, -0.25) is 4.79 Å². The molecule has 1 atom stereocenters. The van der Waals surface area contributed by atoms with Gasteiger partial charge in [0.05, 0.1) is 28.9 Å². The van der Waals surface area contributed by atoms with E-state index in [4.69, 9.17) is 5.73 Å². The monoisotopic (exact) mass is 310 g/mol. The number of nitrogens with zero attached hydrogens (tertiary/aromatic N) is 2. The first-order chi connectivity index (χ1) is 9.36. The number of hydrogen-bond acceptors (Lipinski definition) is 6. The molecule has 0 aliphatic rings. The van der Waals surface area contributed by atoms with Crippen LogP contribution in [-0.4, -0.2) is 15.9 Å². The SMILES string of the molecule is Cc1nc([C@H](C)NC(=O)Cc2sc(N)nc2C)c(C)s1. The van der Waals surface area contributed by atoms with E-state index in [0.29, 0.717) is 11.6 Å². The van der Waals surface area contributed by atoms with Crippen molar-refractivity contribution in [2.45, 2.75) is 40.2 Å². The van der Waals surface area contributed by atoms with Crippen molar-refractivity contribution in [1.29, 1.82) is 0 Å². The zero-order valence-electron chi connectivity index (χ0n) is 12.0. The molecule has 2 aromatic rings. The molecule has 0 aromatic carbocycles. The van der Waals surface area contributed by atoms with Gasteiger partial charge in [0.1, 0.15) is 0 Å². The Hall–Kier alpha value is -1.47. The molecule has 0 bridgehead atoms. The smallest absolute Gasteiger partial charge is 0.225 e. The van der Waals surface area contributed by atoms with Gasteiger partial charge in [0, 0.05) is 9.75 Å². The van der Waals surface area contributed by atoms with Gasteiger partial charge in [0.2, 0.25) is 5.91 Å². The molecule has 20 heavy (non-hydrogen) atoms. The molecule has 108 valence electrons. The quantitative estimate of drug-likeness (QED) is 0.909. The van der Waals surface area contributed by atoms with Crippen molar-refractivity contribution >= 4 is 33.7 Å². The Balaban J connectivity index is 2.01. The van der Waals surface area contributed by atoms with E-state index >= 15 is 0 Å². The van der Waals surface area contributed by atoms with E-state index in [1.807, 2.05) is 27.7 Å². The molecule has 0 unspecified atom stereocenters. The maximum atomic E-state index is 12.1. The molecule has 2 rings (SSSR count). The van der Waals surface area contributed by atoms with Crippen LogP contribution < -0.4 is 11.1 Å². The van der Waals surface area contributed by atoms with Crippen LogP contribution in [0.2, 0.25) is 0 Å². The Kier molecular flexibility index (Phi) is 4.39. The fraction of sp³-hybridized carbons (Fsp3) is 0.462. The summed E-state index contributed by atoms with van der Waals surface area (Å²) in [6.45, 7) is 7.82. The van der Waals surface area contributed by atoms with Crippen LogP contribution in [-0.2, 0) is 11.2 Å². The van der Waals surface area contributed by atoms with E-state index in [-0.39, 0.29) is 11.9 Å². The third kappa shape index (κ3) is 3.34. The number of aryl methyl sites for hydroxylation is 3. The largest absolute Gasteiger partial charge is 0.375 e. The zero-order chi connectivity index (χ0) is 14.9. The van der Waals surface area contributed by atoms with Gasteiger partial charge in [-0.05, 0) is 27.7 Å². The molecule has 0 aliphatic carbocycles. The third-order valence-corrected chi connectivity index (χ3v) is 4.85. The van der Waals surface area contributed by atoms with Crippen molar-refractivity contribution in [3.05, 3.63) is 26.1 Å². The molecule has 1 amide bonds. The standard InChI is InChI=1S/C13H18N4OS2/c1-6-10(20-13(14)16-6)5-11(18)15-7(2)12-8(3)19-9(4)17-12/h7H,5H2,1-4H3,(H2,14,16)(H,15,18)/t7-/m0/s1. The highest BCUT2D eigenvalue weighted by atomic mass is 32.1. The molecule has 0 aliphatic heterocycles. The summed E-state index contributed by atoms with van der Waals surface area (Å²) in [7, 11) is 0. The lowest BCUT2D eigenvalue weighted by Crippen LogP contribution is -2.28. The van der Waals surface area contributed by atoms with Gasteiger partial charge < -0.3 is 11.1 Å². The number of hydrogen-bond donors (Lipinski definition) is 2. The molecule has 2 aromatic heterocycles. The van der Waals surface area contributed by atoms with Gasteiger partial charge in [-0.1, -0.05) is 0 Å². The zero-order valence-corrected chi connectivity index (χ0v) is 13.6. The number of aromatic nitrogens is 2. The van der Waals surface area contributed by atoms with Crippen LogP contribution in [0.5, 0.6) is 0 Å². The predicted molar refractivity (Wildman–Crippen MR) is 83.1 cm³/mol. The fourth-order valence-corrected chi connectivity index (χ4v) is 3.81. The maximum absolute atomic E-state index is 12.1. The van der Waals surface area contributed by atoms with E-state index in [1.165, 1.54) is 11.3 Å². The minimum Gasteiger partial charge on any atom is -0.375 e. The second-order valence-electron chi connectivity index (χ2n) is 4.70. The highest BCUT2D eigenvalue weighted by molar-refractivity contribution is 7.15. The molecule has 5 nitrogen and oxygen atoms in total. The summed E-state index contributed by atoms with van der Waals surface area (Å²) in [5.41, 5.74) is 7.41. The summed E-state index contributed by atoms with van der Waals surface area (Å²) in [5.74, 6) is -0.0331. The first-order valence-corrected chi connectivity index (χ1v) is 7.95. The number of rotatable bonds is 4. The highest BCUT2D eigenvalue weighted by Gasteiger charge is 2.17. The third-order valence-electron chi connectivity index (χ3n) is 2.96. The van der Waals surface area contributed by atoms with Crippen LogP contribution in [0.15, 0.2) is 0 Å². The van der Waals surface area contributed by atoms with Gasteiger partial charge in [0.25, 0.3) is 0 Å². The topological polar surface area (TPSA) is 80.9 Å². The predicted octanol–water partition coefficient (Wildman–Crippen LogP) is 2.53. The van der Waals surface area contributed by atoms with Crippen molar-refractivity contribution < 1.29 is 4.79 Å². The summed E-state index contributed by atoms with van der Waals surface area (Å²) in [6.07, 6.45) is 0.313. The molecular formula is C13H18N4OS2. The van der Waals surface area contributed by atoms with E-state index in [9.17, 15) is 4.79 Å². The number of carbonyl (C=O) groups excluding carboxylic acids is 1. The fourth-order valence-electron chi connectivity index (χ4n) is 2.07. The van der Waals surface area contributed by atoms with Crippen molar-refractivity contribution in [1.82, 2.24) is 15.3 Å². The lowest BCUT2D eigenvalue weighted by atomic mass is 10.2. The molecule has 0 spiro atoms. The molecule has 0 saturated heterocycles. The average molecular weight is 310 g/mol. The second-order valence-corrected chi connectivity index (χ2v) is 7.22. The lowest BCUT2D eigenvalue weighted by Gasteiger charge is -2.12. The van der Waals surface area contributed by atoms with Crippen LogP contribution >= 0.6 is 22.7 Å². The Morgan fingerprint density at radius 3 is 2.50 bits per heavy atom. The Morgan fingerprint density at radius 1 is 1.30 bits per heavy atom. The van der Waals surface area contributed by atoms with Gasteiger partial charge in [-0.2, -0.15) is 0 Å². The Labute approximate surface area is 126 Å². The van der Waals surface area contributed by atoms with Crippen LogP contribution in [0.3, 0.4) is 0 Å². The van der Waals surface area contributed by atoms with E-state index in [0.717, 1.165) is 26.1 Å². The number of nitrogens with one attached hydrogen (secondary N) is 1. The summed E-state index contributed by atoms with van der Waals surface area (Å²) < 4.78 is 0. The number of nitrogens with two attached hydrogens (primary N) is 1. The number of thiazole rings is 2. The van der Waals surface area contributed by atoms with Gasteiger partial charge in [-0.25, -0.2) is 9.97 Å². The molecule has 0 fully saturated rings. The summed E-state index contributed by atoms with van der Waals surface area (Å²) in [6, 6.07) is -0.0852. The van der Waals surface area contributed by atoms with Crippen molar-refractivity contribution in [3.8, 4) is 0 Å². The molecule has 7 heteroatoms. The van der Waals surface area contributed by atoms with E-state index < -0.39 is 0 Å². The average Bonchev–Trinajstić information content (AvgIpc) is 2.81. The highest BCUT2D eigenvalue weighted by Crippen LogP contribution is 2.23. The number of anilines is 1. The molecule has 2 heterocycles. The van der Waals surface area contributed by atoms with Gasteiger partial charge in [0.15, 0.2) is 5.13 Å². The number of nitrogen functional groups attached to an aromatic ring is 1. The Morgan fingerprint density at radius 2 is 2.00 bits per heavy atom. The first-order valence-electron chi connectivity index (χ1n) is 6.32. The van der Waals surface area contributed by atoms with Gasteiger partial charge in [-0.15, -0.1) is 22.7 Å². The minimum atomic E-state index is -0.0852. The molecule has 3 N–H and O–H groups in total. The Bertz CT molecular complexity index is 632. The number of amides is 1. The van der Waals surface area contributed by atoms with Crippen LogP contribution in [0, 0.1) is 20.8 Å². The summed E-state index contributed by atoms with van der Waals surface area (Å²) in [5, 5.41) is 4.50. The lowest BCUT2D eigenvalue weighted by molar-refractivity contribution is -0.121.